The summed E-state index contributed by atoms with van der Waals surface area (Å²) in [6.07, 6.45) is -5.05. The minimum atomic E-state index is -5.08. The standard InChI is InChI=1S/C25H24F3N5OS.C2HF3O2/c1-3-33-14-21(24(31-33)25(26,27)28)18-8-5-4-7-17(18)20-13-32(23(34)9-6-10-30-2)15-22-19(20)11-16(12-29)35-22;3-2(4,5)1(6)7/h4-9,11,14,20,30H,3,10,13,15H2,1-2H3;(H,6,7)/b9-6+;/t20-;/m0./s1. The molecule has 2 N–H and O–H groups in total. The lowest BCUT2D eigenvalue weighted by atomic mass is 9.83. The van der Waals surface area contributed by atoms with Crippen LogP contribution < -0.4 is 5.32 Å². The van der Waals surface area contributed by atoms with E-state index in [1.807, 2.05) is 0 Å². The summed E-state index contributed by atoms with van der Waals surface area (Å²) in [4.78, 5) is 24.8. The number of carbonyl (C=O) groups is 2. The molecule has 224 valence electrons. The third-order valence-corrected chi connectivity index (χ3v) is 7.22. The molecule has 1 aliphatic rings. The van der Waals surface area contributed by atoms with Crippen molar-refractivity contribution in [3.8, 4) is 17.2 Å². The molecule has 3 aromatic rings. The van der Waals surface area contributed by atoms with Crippen molar-refractivity contribution in [3.05, 3.63) is 75.3 Å². The number of benzene rings is 1. The first-order valence-corrected chi connectivity index (χ1v) is 13.2. The number of hydrogen-bond donors (Lipinski definition) is 2. The van der Waals surface area contributed by atoms with E-state index in [-0.39, 0.29) is 23.9 Å². The lowest BCUT2D eigenvalue weighted by molar-refractivity contribution is -0.192. The van der Waals surface area contributed by atoms with Gasteiger partial charge in [0.05, 0.1) is 6.54 Å². The number of amides is 1. The van der Waals surface area contributed by atoms with Gasteiger partial charge in [0.1, 0.15) is 10.9 Å². The summed E-state index contributed by atoms with van der Waals surface area (Å²) in [5.74, 6) is -3.33. The number of nitriles is 1. The van der Waals surface area contributed by atoms with Gasteiger partial charge in [0, 0.05) is 48.3 Å². The third-order valence-electron chi connectivity index (χ3n) is 6.18. The van der Waals surface area contributed by atoms with Crippen LogP contribution in [0.3, 0.4) is 0 Å². The molecule has 1 atom stereocenters. The van der Waals surface area contributed by atoms with Gasteiger partial charge in [0.25, 0.3) is 0 Å². The van der Waals surface area contributed by atoms with Crippen LogP contribution in [0.5, 0.6) is 0 Å². The highest BCUT2D eigenvalue weighted by Crippen LogP contribution is 2.44. The molecule has 0 unspecified atom stereocenters. The van der Waals surface area contributed by atoms with Gasteiger partial charge in [-0.05, 0) is 36.7 Å². The molecule has 1 aliphatic heterocycles. The van der Waals surface area contributed by atoms with Crippen LogP contribution in [0.15, 0.2) is 48.7 Å². The number of thiophene rings is 1. The van der Waals surface area contributed by atoms with Crippen LogP contribution in [0.4, 0.5) is 26.3 Å². The smallest absolute Gasteiger partial charge is 0.475 e. The van der Waals surface area contributed by atoms with Gasteiger partial charge in [-0.2, -0.15) is 36.7 Å². The van der Waals surface area contributed by atoms with Gasteiger partial charge in [-0.15, -0.1) is 11.3 Å². The Morgan fingerprint density at radius 2 is 1.86 bits per heavy atom. The van der Waals surface area contributed by atoms with Crippen LogP contribution in [0.25, 0.3) is 11.1 Å². The SMILES string of the molecule is CCn1cc(-c2ccccc2[C@@H]2CN(C(=O)/C=C/CNC)Cc3sc(C#N)cc32)c(C(F)(F)F)n1.O=C(O)C(F)(F)F. The van der Waals surface area contributed by atoms with Gasteiger partial charge in [0.15, 0.2) is 5.69 Å². The lowest BCUT2D eigenvalue weighted by Gasteiger charge is -2.33. The number of aromatic nitrogens is 2. The maximum Gasteiger partial charge on any atom is 0.490 e. The van der Waals surface area contributed by atoms with Crippen LogP contribution >= 0.6 is 11.3 Å². The molecule has 0 fully saturated rings. The Morgan fingerprint density at radius 1 is 1.19 bits per heavy atom. The number of alkyl halides is 6. The van der Waals surface area contributed by atoms with Crippen molar-refractivity contribution in [1.29, 1.82) is 5.26 Å². The molecule has 4 rings (SSSR count). The second kappa shape index (κ2) is 13.2. The Labute approximate surface area is 240 Å². The van der Waals surface area contributed by atoms with E-state index in [1.54, 1.807) is 55.3 Å². The Bertz CT molecular complexity index is 1500. The highest BCUT2D eigenvalue weighted by atomic mass is 32.1. The third kappa shape index (κ3) is 7.56. The quantitative estimate of drug-likeness (QED) is 0.284. The number of carbonyl (C=O) groups excluding carboxylic acids is 1. The van der Waals surface area contributed by atoms with E-state index in [4.69, 9.17) is 9.90 Å². The van der Waals surface area contributed by atoms with Gasteiger partial charge < -0.3 is 15.3 Å². The molecule has 2 aromatic heterocycles. The number of carboxylic acids is 1. The van der Waals surface area contributed by atoms with Crippen LogP contribution in [0, 0.1) is 11.3 Å². The number of likely N-dealkylation sites (N-methyl/N-ethyl adjacent to an activating group) is 1. The molecular weight excluding hydrogens is 588 g/mol. The molecular formula is C27H25F6N5O3S. The summed E-state index contributed by atoms with van der Waals surface area (Å²) in [5, 5.41) is 23.3. The topological polar surface area (TPSA) is 111 Å². The lowest BCUT2D eigenvalue weighted by Crippen LogP contribution is -2.37. The normalized spacial score (nSPS) is 15.1. The highest BCUT2D eigenvalue weighted by Gasteiger charge is 2.40. The number of halogens is 6. The first kappa shape index (κ1) is 32.4. The summed E-state index contributed by atoms with van der Waals surface area (Å²) in [7, 11) is 1.78. The summed E-state index contributed by atoms with van der Waals surface area (Å²) in [5.41, 5.74) is 1.02. The van der Waals surface area contributed by atoms with Crippen molar-refractivity contribution in [3.63, 3.8) is 0 Å². The minimum Gasteiger partial charge on any atom is -0.475 e. The maximum absolute atomic E-state index is 13.9. The molecule has 15 heteroatoms. The second-order valence-electron chi connectivity index (χ2n) is 8.97. The second-order valence-corrected chi connectivity index (χ2v) is 10.1. The molecule has 3 heterocycles. The Hall–Kier alpha value is -4.16. The zero-order valence-electron chi connectivity index (χ0n) is 22.3. The van der Waals surface area contributed by atoms with Crippen LogP contribution in [-0.4, -0.2) is 58.0 Å². The molecule has 1 amide bonds. The number of rotatable bonds is 6. The molecule has 0 bridgehead atoms. The van der Waals surface area contributed by atoms with Crippen LogP contribution in [0.1, 0.15) is 39.4 Å². The molecule has 8 nitrogen and oxygen atoms in total. The van der Waals surface area contributed by atoms with Crippen molar-refractivity contribution in [2.45, 2.75) is 38.3 Å². The van der Waals surface area contributed by atoms with Crippen molar-refractivity contribution < 1.29 is 41.0 Å². The van der Waals surface area contributed by atoms with E-state index in [0.717, 1.165) is 10.4 Å². The Morgan fingerprint density at radius 3 is 2.43 bits per heavy atom. The predicted octanol–water partition coefficient (Wildman–Crippen LogP) is 5.40. The average molecular weight is 614 g/mol. The van der Waals surface area contributed by atoms with Crippen molar-refractivity contribution >= 4 is 23.2 Å². The average Bonchev–Trinajstić information content (AvgIpc) is 3.57. The summed E-state index contributed by atoms with van der Waals surface area (Å²) >= 11 is 1.31. The molecule has 0 saturated carbocycles. The van der Waals surface area contributed by atoms with E-state index < -0.39 is 24.0 Å². The van der Waals surface area contributed by atoms with E-state index in [0.29, 0.717) is 35.6 Å². The van der Waals surface area contributed by atoms with Gasteiger partial charge in [-0.25, -0.2) is 4.79 Å². The Kier molecular flexibility index (Phi) is 10.2. The molecule has 42 heavy (non-hydrogen) atoms. The highest BCUT2D eigenvalue weighted by molar-refractivity contribution is 7.12. The van der Waals surface area contributed by atoms with E-state index in [1.165, 1.54) is 28.3 Å². The summed E-state index contributed by atoms with van der Waals surface area (Å²) < 4.78 is 74.7. The minimum absolute atomic E-state index is 0.00426. The van der Waals surface area contributed by atoms with E-state index in [9.17, 15) is 36.4 Å². The number of nitrogens with zero attached hydrogens (tertiary/aromatic N) is 4. The van der Waals surface area contributed by atoms with E-state index in [2.05, 4.69) is 16.5 Å². The van der Waals surface area contributed by atoms with Crippen LogP contribution in [0.2, 0.25) is 0 Å². The number of fused-ring (bicyclic) bond motifs is 1. The Balaban J connectivity index is 0.000000616. The number of aliphatic carboxylic acids is 1. The van der Waals surface area contributed by atoms with Gasteiger partial charge in [0.2, 0.25) is 5.91 Å². The zero-order valence-corrected chi connectivity index (χ0v) is 23.1. The summed E-state index contributed by atoms with van der Waals surface area (Å²) in [6.45, 7) is 3.21. The molecule has 1 aromatic carbocycles. The van der Waals surface area contributed by atoms with Gasteiger partial charge in [-0.1, -0.05) is 30.3 Å². The number of hydrogen-bond acceptors (Lipinski definition) is 6. The number of carboxylic acid groups (broad SMARTS) is 1. The van der Waals surface area contributed by atoms with Crippen LogP contribution in [-0.2, 0) is 28.9 Å². The zero-order chi connectivity index (χ0) is 31.2. The van der Waals surface area contributed by atoms with Crippen molar-refractivity contribution in [2.24, 2.45) is 0 Å². The molecule has 0 spiro atoms. The monoisotopic (exact) mass is 613 g/mol. The maximum atomic E-state index is 13.9. The first-order chi connectivity index (χ1) is 19.7. The van der Waals surface area contributed by atoms with Gasteiger partial charge >= 0.3 is 18.3 Å². The van der Waals surface area contributed by atoms with Crippen molar-refractivity contribution in [1.82, 2.24) is 20.0 Å². The predicted molar refractivity (Wildman–Crippen MR) is 141 cm³/mol. The largest absolute Gasteiger partial charge is 0.490 e. The fourth-order valence-electron chi connectivity index (χ4n) is 4.33. The van der Waals surface area contributed by atoms with E-state index >= 15 is 0 Å². The summed E-state index contributed by atoms with van der Waals surface area (Å²) in [6, 6.07) is 10.9. The van der Waals surface area contributed by atoms with Gasteiger partial charge in [-0.3, -0.25) is 9.48 Å². The molecule has 0 radical (unpaired) electrons. The first-order valence-electron chi connectivity index (χ1n) is 12.4. The van der Waals surface area contributed by atoms with Crippen molar-refractivity contribution in [2.75, 3.05) is 20.1 Å². The molecule has 0 aliphatic carbocycles. The number of aryl methyl sites for hydroxylation is 1. The fraction of sp³-hybridized carbons (Fsp3) is 0.333. The number of nitrogens with one attached hydrogen (secondary N) is 1. The fourth-order valence-corrected chi connectivity index (χ4v) is 5.36. The molecule has 0 saturated heterocycles.